The van der Waals surface area contributed by atoms with E-state index in [9.17, 15) is 9.18 Å². The van der Waals surface area contributed by atoms with Crippen LogP contribution in [0.2, 0.25) is 0 Å². The van der Waals surface area contributed by atoms with E-state index in [-0.39, 0.29) is 23.7 Å². The predicted molar refractivity (Wildman–Crippen MR) is 92.0 cm³/mol. The van der Waals surface area contributed by atoms with Crippen LogP contribution >= 0.6 is 0 Å². The van der Waals surface area contributed by atoms with Crippen molar-refractivity contribution < 1.29 is 18.7 Å². The van der Waals surface area contributed by atoms with Gasteiger partial charge in [0, 0.05) is 30.9 Å². The molecule has 1 aliphatic rings. The first-order valence-electron chi connectivity index (χ1n) is 8.36. The van der Waals surface area contributed by atoms with E-state index in [1.54, 1.807) is 17.0 Å². The van der Waals surface area contributed by atoms with Crippen LogP contribution in [0.1, 0.15) is 40.0 Å². The fraction of sp³-hybridized carbons (Fsp3) is 0.611. The van der Waals surface area contributed by atoms with Crippen molar-refractivity contribution in [2.24, 2.45) is 0 Å². The molecule has 0 aromatic heterocycles. The zero-order valence-corrected chi connectivity index (χ0v) is 14.9. The van der Waals surface area contributed by atoms with Gasteiger partial charge in [-0.1, -0.05) is 0 Å². The van der Waals surface area contributed by atoms with Crippen molar-refractivity contribution in [3.8, 4) is 5.75 Å². The SMILES string of the molecule is COc1cc(NC2CCCN(C(=O)OC(C)(C)C)CC2)ccc1F. The lowest BCUT2D eigenvalue weighted by molar-refractivity contribution is 0.0256. The van der Waals surface area contributed by atoms with Gasteiger partial charge in [-0.15, -0.1) is 0 Å². The summed E-state index contributed by atoms with van der Waals surface area (Å²) in [5.41, 5.74) is 0.343. The average molecular weight is 338 g/mol. The van der Waals surface area contributed by atoms with Crippen molar-refractivity contribution >= 4 is 11.8 Å². The van der Waals surface area contributed by atoms with Crippen LogP contribution in [0, 0.1) is 5.82 Å². The second-order valence-corrected chi connectivity index (χ2v) is 7.09. The first kappa shape index (κ1) is 18.4. The Morgan fingerprint density at radius 3 is 2.71 bits per heavy atom. The molecule has 1 aromatic rings. The maximum Gasteiger partial charge on any atom is 0.410 e. The second-order valence-electron chi connectivity index (χ2n) is 7.09. The minimum absolute atomic E-state index is 0.226. The van der Waals surface area contributed by atoms with E-state index in [2.05, 4.69) is 5.32 Å². The highest BCUT2D eigenvalue weighted by Crippen LogP contribution is 2.24. The minimum Gasteiger partial charge on any atom is -0.494 e. The normalized spacial score (nSPS) is 18.7. The number of hydrogen-bond donors (Lipinski definition) is 1. The van der Waals surface area contributed by atoms with Gasteiger partial charge in [-0.05, 0) is 52.2 Å². The Morgan fingerprint density at radius 2 is 2.04 bits per heavy atom. The maximum atomic E-state index is 13.5. The summed E-state index contributed by atoms with van der Waals surface area (Å²) in [6.07, 6.45) is 2.40. The number of halogens is 1. The number of nitrogens with one attached hydrogen (secondary N) is 1. The van der Waals surface area contributed by atoms with Gasteiger partial charge in [0.1, 0.15) is 5.60 Å². The second kappa shape index (κ2) is 7.73. The highest BCUT2D eigenvalue weighted by molar-refractivity contribution is 5.68. The molecular weight excluding hydrogens is 311 g/mol. The Bertz CT molecular complexity index is 572. The summed E-state index contributed by atoms with van der Waals surface area (Å²) < 4.78 is 23.9. The molecule has 1 amide bonds. The lowest BCUT2D eigenvalue weighted by atomic mass is 10.1. The third kappa shape index (κ3) is 5.28. The molecule has 134 valence electrons. The summed E-state index contributed by atoms with van der Waals surface area (Å²) in [7, 11) is 1.45. The Labute approximate surface area is 143 Å². The zero-order chi connectivity index (χ0) is 17.7. The lowest BCUT2D eigenvalue weighted by Crippen LogP contribution is -2.37. The van der Waals surface area contributed by atoms with E-state index in [0.717, 1.165) is 24.9 Å². The quantitative estimate of drug-likeness (QED) is 0.904. The molecule has 1 N–H and O–H groups in total. The Morgan fingerprint density at radius 1 is 1.29 bits per heavy atom. The number of likely N-dealkylation sites (tertiary alicyclic amines) is 1. The first-order chi connectivity index (χ1) is 11.3. The van der Waals surface area contributed by atoms with Crippen LogP contribution in [0.15, 0.2) is 18.2 Å². The third-order valence-corrected chi connectivity index (χ3v) is 3.90. The number of methoxy groups -OCH3 is 1. The van der Waals surface area contributed by atoms with Gasteiger partial charge >= 0.3 is 6.09 Å². The van der Waals surface area contributed by atoms with E-state index in [1.165, 1.54) is 13.2 Å². The van der Waals surface area contributed by atoms with Gasteiger partial charge in [0.25, 0.3) is 0 Å². The lowest BCUT2D eigenvalue weighted by Gasteiger charge is -2.26. The van der Waals surface area contributed by atoms with Crippen LogP contribution in [0.5, 0.6) is 5.75 Å². The molecule has 0 aliphatic carbocycles. The molecule has 24 heavy (non-hydrogen) atoms. The molecule has 0 bridgehead atoms. The highest BCUT2D eigenvalue weighted by atomic mass is 19.1. The van der Waals surface area contributed by atoms with Crippen LogP contribution in [0.4, 0.5) is 14.9 Å². The van der Waals surface area contributed by atoms with Crippen LogP contribution in [0.3, 0.4) is 0 Å². The number of amides is 1. The molecule has 1 unspecified atom stereocenters. The summed E-state index contributed by atoms with van der Waals surface area (Å²) in [5.74, 6) is -0.149. The summed E-state index contributed by atoms with van der Waals surface area (Å²) in [4.78, 5) is 13.9. The number of carbonyl (C=O) groups is 1. The Hall–Kier alpha value is -1.98. The van der Waals surface area contributed by atoms with Crippen molar-refractivity contribution in [1.29, 1.82) is 0 Å². The number of hydrogen-bond acceptors (Lipinski definition) is 4. The standard InChI is InChI=1S/C18H27FN2O3/c1-18(2,3)24-17(22)21-10-5-6-13(9-11-21)20-14-7-8-15(19)16(12-14)23-4/h7-8,12-13,20H,5-6,9-11H2,1-4H3. The molecule has 6 heteroatoms. The zero-order valence-electron chi connectivity index (χ0n) is 14.9. The summed E-state index contributed by atoms with van der Waals surface area (Å²) in [5, 5.41) is 3.41. The van der Waals surface area contributed by atoms with Crippen molar-refractivity contribution in [1.82, 2.24) is 4.90 Å². The van der Waals surface area contributed by atoms with Crippen LogP contribution in [0.25, 0.3) is 0 Å². The number of nitrogens with zero attached hydrogens (tertiary/aromatic N) is 1. The predicted octanol–water partition coefficient (Wildman–Crippen LogP) is 4.04. The number of rotatable bonds is 3. The molecule has 0 radical (unpaired) electrons. The third-order valence-electron chi connectivity index (χ3n) is 3.90. The van der Waals surface area contributed by atoms with Crippen molar-refractivity contribution in [3.63, 3.8) is 0 Å². The van der Waals surface area contributed by atoms with Crippen molar-refractivity contribution in [3.05, 3.63) is 24.0 Å². The van der Waals surface area contributed by atoms with Gasteiger partial charge in [0.05, 0.1) is 7.11 Å². The van der Waals surface area contributed by atoms with E-state index in [0.29, 0.717) is 13.1 Å². The molecule has 1 heterocycles. The smallest absolute Gasteiger partial charge is 0.410 e. The maximum absolute atomic E-state index is 13.5. The molecule has 0 saturated carbocycles. The molecule has 1 fully saturated rings. The molecule has 1 saturated heterocycles. The number of anilines is 1. The van der Waals surface area contributed by atoms with Gasteiger partial charge in [-0.3, -0.25) is 0 Å². The highest BCUT2D eigenvalue weighted by Gasteiger charge is 2.25. The van der Waals surface area contributed by atoms with Crippen LogP contribution in [-0.4, -0.2) is 42.8 Å². The Balaban J connectivity index is 1.92. The van der Waals surface area contributed by atoms with Gasteiger partial charge < -0.3 is 19.7 Å². The fourth-order valence-corrected chi connectivity index (χ4v) is 2.74. The van der Waals surface area contributed by atoms with E-state index < -0.39 is 5.60 Å². The van der Waals surface area contributed by atoms with Crippen LogP contribution in [-0.2, 0) is 4.74 Å². The molecule has 1 aliphatic heterocycles. The number of benzene rings is 1. The van der Waals surface area contributed by atoms with Gasteiger partial charge in [0.2, 0.25) is 0 Å². The summed E-state index contributed by atoms with van der Waals surface area (Å²) in [6.45, 7) is 6.95. The number of carbonyl (C=O) groups excluding carboxylic acids is 1. The van der Waals surface area contributed by atoms with E-state index >= 15 is 0 Å². The molecule has 5 nitrogen and oxygen atoms in total. The van der Waals surface area contributed by atoms with Crippen molar-refractivity contribution in [2.75, 3.05) is 25.5 Å². The summed E-state index contributed by atoms with van der Waals surface area (Å²) in [6, 6.07) is 4.98. The average Bonchev–Trinajstić information content (AvgIpc) is 2.73. The minimum atomic E-state index is -0.480. The molecule has 2 rings (SSSR count). The van der Waals surface area contributed by atoms with Gasteiger partial charge in [-0.25, -0.2) is 9.18 Å². The summed E-state index contributed by atoms with van der Waals surface area (Å²) >= 11 is 0. The van der Waals surface area contributed by atoms with Gasteiger partial charge in [-0.2, -0.15) is 0 Å². The molecular formula is C18H27FN2O3. The topological polar surface area (TPSA) is 50.8 Å². The molecule has 1 aromatic carbocycles. The van der Waals surface area contributed by atoms with Gasteiger partial charge in [0.15, 0.2) is 11.6 Å². The van der Waals surface area contributed by atoms with Crippen molar-refractivity contribution in [2.45, 2.75) is 51.7 Å². The van der Waals surface area contributed by atoms with Crippen LogP contribution < -0.4 is 10.1 Å². The molecule has 1 atom stereocenters. The Kier molecular flexibility index (Phi) is 5.91. The fourth-order valence-electron chi connectivity index (χ4n) is 2.74. The first-order valence-corrected chi connectivity index (χ1v) is 8.36. The largest absolute Gasteiger partial charge is 0.494 e. The monoisotopic (exact) mass is 338 g/mol. The van der Waals surface area contributed by atoms with E-state index in [4.69, 9.17) is 9.47 Å². The molecule has 0 spiro atoms. The number of ether oxygens (including phenoxy) is 2. The van der Waals surface area contributed by atoms with E-state index in [1.807, 2.05) is 20.8 Å².